The van der Waals surface area contributed by atoms with Crippen molar-refractivity contribution in [1.82, 2.24) is 4.90 Å². The number of hydrogen-bond donors (Lipinski definition) is 1. The quantitative estimate of drug-likeness (QED) is 0.929. The third kappa shape index (κ3) is 3.97. The zero-order valence-electron chi connectivity index (χ0n) is 13.1. The highest BCUT2D eigenvalue weighted by atomic mass is 16.6. The molecule has 1 aliphatic heterocycles. The van der Waals surface area contributed by atoms with Crippen molar-refractivity contribution in [2.75, 3.05) is 13.2 Å². The number of carbonyl (C=O) groups excluding carboxylic acids is 1. The number of fused-ring (bicyclic) bond motifs is 1. The Kier molecular flexibility index (Phi) is 4.88. The van der Waals surface area contributed by atoms with E-state index < -0.39 is 5.60 Å². The monoisotopic (exact) mass is 291 g/mol. The topological polar surface area (TPSA) is 49.8 Å². The molecule has 0 aliphatic carbocycles. The lowest BCUT2D eigenvalue weighted by atomic mass is 9.90. The molecule has 1 N–H and O–H groups in total. The normalized spacial score (nSPS) is 18.3. The zero-order chi connectivity index (χ0) is 15.5. The molecule has 4 heteroatoms. The average molecular weight is 291 g/mol. The Hall–Kier alpha value is -1.55. The molecule has 0 saturated heterocycles. The van der Waals surface area contributed by atoms with E-state index >= 15 is 0 Å². The minimum atomic E-state index is -0.490. The second-order valence-corrected chi connectivity index (χ2v) is 6.50. The summed E-state index contributed by atoms with van der Waals surface area (Å²) in [5, 5.41) is 9.12. The lowest BCUT2D eigenvalue weighted by Crippen LogP contribution is -2.43. The Morgan fingerprint density at radius 2 is 2.10 bits per heavy atom. The van der Waals surface area contributed by atoms with Gasteiger partial charge in [0.25, 0.3) is 0 Å². The third-order valence-electron chi connectivity index (χ3n) is 3.68. The maximum absolute atomic E-state index is 12.4. The van der Waals surface area contributed by atoms with Crippen LogP contribution in [0, 0.1) is 0 Å². The van der Waals surface area contributed by atoms with Crippen molar-refractivity contribution in [3.8, 4) is 0 Å². The van der Waals surface area contributed by atoms with Crippen LogP contribution in [-0.2, 0) is 11.2 Å². The van der Waals surface area contributed by atoms with E-state index in [0.717, 1.165) is 12.8 Å². The summed E-state index contributed by atoms with van der Waals surface area (Å²) in [7, 11) is 0. The molecule has 0 fully saturated rings. The van der Waals surface area contributed by atoms with Crippen LogP contribution in [0.5, 0.6) is 0 Å². The number of aliphatic hydroxyl groups excluding tert-OH is 1. The predicted molar refractivity (Wildman–Crippen MR) is 82.1 cm³/mol. The van der Waals surface area contributed by atoms with Crippen LogP contribution in [0.4, 0.5) is 4.79 Å². The van der Waals surface area contributed by atoms with Crippen molar-refractivity contribution < 1.29 is 14.6 Å². The summed E-state index contributed by atoms with van der Waals surface area (Å²) in [6.45, 7) is 6.45. The van der Waals surface area contributed by atoms with Crippen molar-refractivity contribution in [3.63, 3.8) is 0 Å². The number of carbonyl (C=O) groups is 1. The highest BCUT2D eigenvalue weighted by Crippen LogP contribution is 2.34. The Bertz CT molecular complexity index is 493. The van der Waals surface area contributed by atoms with Gasteiger partial charge in [-0.15, -0.1) is 0 Å². The number of aliphatic hydroxyl groups is 1. The molecule has 1 aromatic rings. The smallest absolute Gasteiger partial charge is 0.410 e. The molecule has 0 radical (unpaired) electrons. The number of ether oxygens (including phenoxy) is 1. The first-order chi connectivity index (χ1) is 9.92. The molecule has 0 bridgehead atoms. The minimum Gasteiger partial charge on any atom is -0.444 e. The van der Waals surface area contributed by atoms with E-state index in [4.69, 9.17) is 9.84 Å². The van der Waals surface area contributed by atoms with Gasteiger partial charge >= 0.3 is 6.09 Å². The summed E-state index contributed by atoms with van der Waals surface area (Å²) in [6.07, 6.45) is 2.02. The molecule has 1 aliphatic rings. The van der Waals surface area contributed by atoms with Crippen molar-refractivity contribution in [1.29, 1.82) is 0 Å². The molecule has 1 unspecified atom stereocenters. The first-order valence-corrected chi connectivity index (χ1v) is 7.60. The van der Waals surface area contributed by atoms with E-state index in [0.29, 0.717) is 13.0 Å². The van der Waals surface area contributed by atoms with E-state index in [1.54, 1.807) is 0 Å². The lowest BCUT2D eigenvalue weighted by molar-refractivity contribution is 0.0125. The molecule has 1 amide bonds. The maximum atomic E-state index is 12.4. The van der Waals surface area contributed by atoms with Crippen LogP contribution in [0.3, 0.4) is 0 Å². The first-order valence-electron chi connectivity index (χ1n) is 7.60. The van der Waals surface area contributed by atoms with E-state index in [9.17, 15) is 4.79 Å². The summed E-state index contributed by atoms with van der Waals surface area (Å²) in [4.78, 5) is 14.2. The second-order valence-electron chi connectivity index (χ2n) is 6.50. The zero-order valence-corrected chi connectivity index (χ0v) is 13.1. The number of hydrogen-bond acceptors (Lipinski definition) is 3. The van der Waals surface area contributed by atoms with Crippen LogP contribution in [-0.4, -0.2) is 34.9 Å². The Morgan fingerprint density at radius 3 is 2.76 bits per heavy atom. The van der Waals surface area contributed by atoms with Gasteiger partial charge in [0.05, 0.1) is 6.04 Å². The number of benzene rings is 1. The van der Waals surface area contributed by atoms with Crippen LogP contribution < -0.4 is 0 Å². The van der Waals surface area contributed by atoms with Gasteiger partial charge in [0, 0.05) is 13.2 Å². The lowest BCUT2D eigenvalue weighted by Gasteiger charge is -2.38. The van der Waals surface area contributed by atoms with E-state index in [1.165, 1.54) is 11.1 Å². The van der Waals surface area contributed by atoms with Crippen molar-refractivity contribution in [2.45, 2.75) is 51.7 Å². The number of nitrogens with zero attached hydrogens (tertiary/aromatic N) is 1. The number of amides is 1. The maximum Gasteiger partial charge on any atom is 0.410 e. The SMILES string of the molecule is CC(C)(C)OC(=O)N1CCc2ccccc2C1CCCO. The molecule has 0 aromatic heterocycles. The van der Waals surface area contributed by atoms with Gasteiger partial charge in [0.1, 0.15) is 5.60 Å². The second kappa shape index (κ2) is 6.48. The van der Waals surface area contributed by atoms with Crippen LogP contribution in [0.2, 0.25) is 0 Å². The molecule has 116 valence electrons. The van der Waals surface area contributed by atoms with Gasteiger partial charge in [-0.3, -0.25) is 0 Å². The van der Waals surface area contributed by atoms with Crippen LogP contribution in [0.15, 0.2) is 24.3 Å². The van der Waals surface area contributed by atoms with Gasteiger partial charge in [-0.25, -0.2) is 4.79 Å². The number of rotatable bonds is 3. The summed E-state index contributed by atoms with van der Waals surface area (Å²) in [5.41, 5.74) is 1.98. The third-order valence-corrected chi connectivity index (χ3v) is 3.68. The summed E-state index contributed by atoms with van der Waals surface area (Å²) in [6, 6.07) is 8.23. The Labute approximate surface area is 126 Å². The summed E-state index contributed by atoms with van der Waals surface area (Å²) >= 11 is 0. The molecule has 2 rings (SSSR count). The van der Waals surface area contributed by atoms with Gasteiger partial charge in [-0.05, 0) is 51.2 Å². The fourth-order valence-corrected chi connectivity index (χ4v) is 2.79. The molecular formula is C17H25NO3. The molecule has 0 spiro atoms. The Morgan fingerprint density at radius 1 is 1.38 bits per heavy atom. The molecular weight excluding hydrogens is 266 g/mol. The minimum absolute atomic E-state index is 0.00282. The van der Waals surface area contributed by atoms with Gasteiger partial charge in [-0.2, -0.15) is 0 Å². The highest BCUT2D eigenvalue weighted by Gasteiger charge is 2.32. The predicted octanol–water partition coefficient (Wildman–Crippen LogP) is 3.29. The van der Waals surface area contributed by atoms with Crippen molar-refractivity contribution in [3.05, 3.63) is 35.4 Å². The standard InChI is InChI=1S/C17H25NO3/c1-17(2,3)21-16(20)18-11-10-13-7-4-5-8-14(13)15(18)9-6-12-19/h4-5,7-8,15,19H,6,9-12H2,1-3H3. The van der Waals surface area contributed by atoms with E-state index in [-0.39, 0.29) is 18.7 Å². The van der Waals surface area contributed by atoms with Crippen molar-refractivity contribution >= 4 is 6.09 Å². The molecule has 21 heavy (non-hydrogen) atoms. The highest BCUT2D eigenvalue weighted by molar-refractivity contribution is 5.69. The van der Waals surface area contributed by atoms with Gasteiger partial charge in [-0.1, -0.05) is 24.3 Å². The van der Waals surface area contributed by atoms with Gasteiger partial charge in [0.2, 0.25) is 0 Å². The molecule has 1 atom stereocenters. The molecule has 4 nitrogen and oxygen atoms in total. The van der Waals surface area contributed by atoms with Gasteiger partial charge in [0.15, 0.2) is 0 Å². The molecule has 0 saturated carbocycles. The largest absolute Gasteiger partial charge is 0.444 e. The fourth-order valence-electron chi connectivity index (χ4n) is 2.79. The van der Waals surface area contributed by atoms with E-state index in [1.807, 2.05) is 37.8 Å². The fraction of sp³-hybridized carbons (Fsp3) is 0.588. The average Bonchev–Trinajstić information content (AvgIpc) is 2.42. The van der Waals surface area contributed by atoms with Crippen molar-refractivity contribution in [2.24, 2.45) is 0 Å². The first kappa shape index (κ1) is 15.8. The van der Waals surface area contributed by atoms with Gasteiger partial charge < -0.3 is 14.7 Å². The Balaban J connectivity index is 2.22. The molecule has 1 aromatic carbocycles. The molecule has 1 heterocycles. The van der Waals surface area contributed by atoms with Crippen LogP contribution in [0.25, 0.3) is 0 Å². The van der Waals surface area contributed by atoms with Crippen LogP contribution in [0.1, 0.15) is 50.8 Å². The summed E-state index contributed by atoms with van der Waals surface area (Å²) < 4.78 is 5.53. The summed E-state index contributed by atoms with van der Waals surface area (Å²) in [5.74, 6) is 0. The van der Waals surface area contributed by atoms with E-state index in [2.05, 4.69) is 12.1 Å². The van der Waals surface area contributed by atoms with Crippen LogP contribution >= 0.6 is 0 Å².